The maximum Gasteiger partial charge on any atom is 0.0450 e. The average molecular weight is 249 g/mol. The van der Waals surface area contributed by atoms with E-state index in [1.54, 1.807) is 10.4 Å². The third-order valence-electron chi connectivity index (χ3n) is 3.70. The van der Waals surface area contributed by atoms with Crippen LogP contribution < -0.4 is 5.32 Å². The van der Waals surface area contributed by atoms with Gasteiger partial charge in [-0.15, -0.1) is 11.3 Å². The molecule has 1 atom stereocenters. The second-order valence-electron chi connectivity index (χ2n) is 4.95. The van der Waals surface area contributed by atoms with Gasteiger partial charge in [0.15, 0.2) is 0 Å². The summed E-state index contributed by atoms with van der Waals surface area (Å²) in [7, 11) is 2.06. The summed E-state index contributed by atoms with van der Waals surface area (Å²) in [6.45, 7) is 6.32. The molecule has 0 aromatic carbocycles. The van der Waals surface area contributed by atoms with Crippen LogP contribution in [0, 0.1) is 0 Å². The predicted octanol–water partition coefficient (Wildman–Crippen LogP) is 4.24. The molecule has 1 nitrogen and oxygen atoms in total. The van der Waals surface area contributed by atoms with Crippen molar-refractivity contribution in [1.29, 1.82) is 0 Å². The molecular formula is C15H23NS. The fourth-order valence-corrected chi connectivity index (χ4v) is 3.83. The molecule has 0 amide bonds. The molecule has 2 rings (SSSR count). The van der Waals surface area contributed by atoms with Gasteiger partial charge in [-0.25, -0.2) is 0 Å². The summed E-state index contributed by atoms with van der Waals surface area (Å²) in [6.07, 6.45) is 7.49. The Bertz CT molecular complexity index is 368. The van der Waals surface area contributed by atoms with E-state index in [1.165, 1.54) is 36.1 Å². The molecule has 0 bridgehead atoms. The van der Waals surface area contributed by atoms with Gasteiger partial charge in [-0.2, -0.15) is 0 Å². The van der Waals surface area contributed by atoms with Gasteiger partial charge in [0, 0.05) is 15.8 Å². The van der Waals surface area contributed by atoms with Crippen molar-refractivity contribution in [3.05, 3.63) is 33.5 Å². The maximum atomic E-state index is 4.13. The van der Waals surface area contributed by atoms with Crippen LogP contribution in [0.4, 0.5) is 0 Å². The van der Waals surface area contributed by atoms with Crippen LogP contribution in [0.1, 0.15) is 54.0 Å². The molecule has 1 aromatic rings. The number of hydrogen-bond donors (Lipinski definition) is 1. The molecule has 0 spiro atoms. The molecule has 0 fully saturated rings. The Morgan fingerprint density at radius 3 is 2.88 bits per heavy atom. The van der Waals surface area contributed by atoms with E-state index in [4.69, 9.17) is 0 Å². The van der Waals surface area contributed by atoms with Gasteiger partial charge in [0.1, 0.15) is 0 Å². The minimum atomic E-state index is 0.470. The highest BCUT2D eigenvalue weighted by Gasteiger charge is 2.18. The summed E-state index contributed by atoms with van der Waals surface area (Å²) in [5.41, 5.74) is 2.95. The molecule has 1 unspecified atom stereocenters. The van der Waals surface area contributed by atoms with E-state index in [0.29, 0.717) is 6.04 Å². The number of fused-ring (bicyclic) bond motifs is 1. The van der Waals surface area contributed by atoms with Crippen molar-refractivity contribution in [2.45, 2.75) is 51.5 Å². The standard InChI is InChI=1S/C15H23NS/c1-4-11(2)9-13(16-3)15-10-12-7-5-6-8-14(12)17-15/h10,13,16H,2,4-9H2,1,3H3. The summed E-state index contributed by atoms with van der Waals surface area (Å²) >= 11 is 2.02. The third kappa shape index (κ3) is 2.99. The number of aryl methyl sites for hydroxylation is 2. The molecule has 1 aromatic heterocycles. The minimum Gasteiger partial charge on any atom is -0.312 e. The lowest BCUT2D eigenvalue weighted by Crippen LogP contribution is -2.15. The van der Waals surface area contributed by atoms with Crippen LogP contribution in [0.2, 0.25) is 0 Å². The largest absolute Gasteiger partial charge is 0.312 e. The first kappa shape index (κ1) is 12.8. The van der Waals surface area contributed by atoms with Gasteiger partial charge in [-0.3, -0.25) is 0 Å². The summed E-state index contributed by atoms with van der Waals surface area (Å²) in [6, 6.07) is 2.90. The first-order chi connectivity index (χ1) is 8.24. The van der Waals surface area contributed by atoms with Gasteiger partial charge in [0.25, 0.3) is 0 Å². The van der Waals surface area contributed by atoms with Gasteiger partial charge in [-0.1, -0.05) is 19.1 Å². The molecule has 1 N–H and O–H groups in total. The van der Waals surface area contributed by atoms with E-state index in [9.17, 15) is 0 Å². The van der Waals surface area contributed by atoms with E-state index in [1.807, 2.05) is 11.3 Å². The molecular weight excluding hydrogens is 226 g/mol. The zero-order valence-electron chi connectivity index (χ0n) is 11.0. The Balaban J connectivity index is 2.13. The monoisotopic (exact) mass is 249 g/mol. The summed E-state index contributed by atoms with van der Waals surface area (Å²) < 4.78 is 0. The lowest BCUT2D eigenvalue weighted by atomic mass is 9.98. The third-order valence-corrected chi connectivity index (χ3v) is 5.05. The quantitative estimate of drug-likeness (QED) is 0.770. The molecule has 0 saturated carbocycles. The lowest BCUT2D eigenvalue weighted by molar-refractivity contribution is 0.591. The fourth-order valence-electron chi connectivity index (χ4n) is 2.46. The van der Waals surface area contributed by atoms with Crippen LogP contribution in [0.3, 0.4) is 0 Å². The van der Waals surface area contributed by atoms with E-state index in [-0.39, 0.29) is 0 Å². The molecule has 1 aliphatic carbocycles. The van der Waals surface area contributed by atoms with Crippen molar-refractivity contribution in [3.8, 4) is 0 Å². The Morgan fingerprint density at radius 1 is 1.47 bits per heavy atom. The lowest BCUT2D eigenvalue weighted by Gasteiger charge is -2.15. The number of rotatable bonds is 5. The average Bonchev–Trinajstić information content (AvgIpc) is 2.78. The Morgan fingerprint density at radius 2 is 2.24 bits per heavy atom. The van der Waals surface area contributed by atoms with Gasteiger partial charge in [0.05, 0.1) is 0 Å². The second kappa shape index (κ2) is 5.83. The van der Waals surface area contributed by atoms with Gasteiger partial charge >= 0.3 is 0 Å². The molecule has 17 heavy (non-hydrogen) atoms. The SMILES string of the molecule is C=C(CC)CC(NC)c1cc2c(s1)CCCC2. The van der Waals surface area contributed by atoms with Crippen molar-refractivity contribution in [1.82, 2.24) is 5.32 Å². The molecule has 1 aliphatic rings. The highest BCUT2D eigenvalue weighted by Crippen LogP contribution is 2.34. The van der Waals surface area contributed by atoms with Crippen LogP contribution in [0.5, 0.6) is 0 Å². The smallest absolute Gasteiger partial charge is 0.0450 e. The molecule has 94 valence electrons. The van der Waals surface area contributed by atoms with Gasteiger partial charge in [0.2, 0.25) is 0 Å². The van der Waals surface area contributed by atoms with E-state index in [2.05, 4.69) is 31.9 Å². The minimum absolute atomic E-state index is 0.470. The van der Waals surface area contributed by atoms with Crippen LogP contribution >= 0.6 is 11.3 Å². The Hall–Kier alpha value is -0.600. The van der Waals surface area contributed by atoms with Crippen LogP contribution in [0.15, 0.2) is 18.2 Å². The Labute approximate surface area is 109 Å². The molecule has 2 heteroatoms. The normalized spacial score (nSPS) is 16.6. The van der Waals surface area contributed by atoms with Crippen molar-refractivity contribution in [2.24, 2.45) is 0 Å². The van der Waals surface area contributed by atoms with Crippen molar-refractivity contribution in [3.63, 3.8) is 0 Å². The van der Waals surface area contributed by atoms with E-state index in [0.717, 1.165) is 12.8 Å². The van der Waals surface area contributed by atoms with E-state index < -0.39 is 0 Å². The number of nitrogens with one attached hydrogen (secondary N) is 1. The first-order valence-electron chi connectivity index (χ1n) is 6.70. The van der Waals surface area contributed by atoms with E-state index >= 15 is 0 Å². The van der Waals surface area contributed by atoms with Crippen molar-refractivity contribution < 1.29 is 0 Å². The molecule has 0 aliphatic heterocycles. The van der Waals surface area contributed by atoms with Crippen LogP contribution in [-0.2, 0) is 12.8 Å². The van der Waals surface area contributed by atoms with Crippen LogP contribution in [-0.4, -0.2) is 7.05 Å². The number of hydrogen-bond acceptors (Lipinski definition) is 2. The fraction of sp³-hybridized carbons (Fsp3) is 0.600. The van der Waals surface area contributed by atoms with Crippen molar-refractivity contribution >= 4 is 11.3 Å². The first-order valence-corrected chi connectivity index (χ1v) is 7.51. The van der Waals surface area contributed by atoms with Gasteiger partial charge in [-0.05, 0) is 57.2 Å². The zero-order chi connectivity index (χ0) is 12.3. The molecule has 1 heterocycles. The topological polar surface area (TPSA) is 12.0 Å². The maximum absolute atomic E-state index is 4.13. The molecule has 0 radical (unpaired) electrons. The molecule has 0 saturated heterocycles. The number of thiophene rings is 1. The summed E-state index contributed by atoms with van der Waals surface area (Å²) in [4.78, 5) is 3.14. The zero-order valence-corrected chi connectivity index (χ0v) is 11.8. The summed E-state index contributed by atoms with van der Waals surface area (Å²) in [5, 5.41) is 3.44. The Kier molecular flexibility index (Phi) is 4.41. The second-order valence-corrected chi connectivity index (χ2v) is 6.12. The van der Waals surface area contributed by atoms with Crippen molar-refractivity contribution in [2.75, 3.05) is 7.05 Å². The highest BCUT2D eigenvalue weighted by atomic mass is 32.1. The van der Waals surface area contributed by atoms with Gasteiger partial charge < -0.3 is 5.32 Å². The predicted molar refractivity (Wildman–Crippen MR) is 76.8 cm³/mol. The highest BCUT2D eigenvalue weighted by molar-refractivity contribution is 7.12. The van der Waals surface area contributed by atoms with Crippen LogP contribution in [0.25, 0.3) is 0 Å². The summed E-state index contributed by atoms with van der Waals surface area (Å²) in [5.74, 6) is 0.